The molecule has 0 aliphatic carbocycles. The average Bonchev–Trinajstić information content (AvgIpc) is 2.72. The summed E-state index contributed by atoms with van der Waals surface area (Å²) in [6.07, 6.45) is 4.14. The number of hydrogen-bond acceptors (Lipinski definition) is 4. The fourth-order valence-corrected chi connectivity index (χ4v) is 3.68. The average molecular weight is 358 g/mol. The van der Waals surface area contributed by atoms with E-state index in [-0.39, 0.29) is 0 Å². The van der Waals surface area contributed by atoms with Crippen molar-refractivity contribution >= 4 is 17.5 Å². The van der Waals surface area contributed by atoms with Crippen molar-refractivity contribution in [3.8, 4) is 0 Å². The number of benzene rings is 2. The predicted molar refractivity (Wildman–Crippen MR) is 112 cm³/mol. The van der Waals surface area contributed by atoms with Crippen LogP contribution in [0.3, 0.4) is 0 Å². The lowest BCUT2D eigenvalue weighted by atomic mass is 10.0. The van der Waals surface area contributed by atoms with E-state index in [9.17, 15) is 0 Å². The second kappa shape index (κ2) is 7.78. The van der Waals surface area contributed by atoms with Gasteiger partial charge >= 0.3 is 0 Å². The molecule has 0 amide bonds. The second-order valence-corrected chi connectivity index (χ2v) is 7.31. The Labute approximate surface area is 161 Å². The Kier molecular flexibility index (Phi) is 5.05. The summed E-state index contributed by atoms with van der Waals surface area (Å²) in [6, 6.07) is 21.5. The molecule has 2 heterocycles. The number of para-hydroxylation sites is 1. The minimum Gasteiger partial charge on any atom is -0.350 e. The molecule has 0 saturated heterocycles. The van der Waals surface area contributed by atoms with Gasteiger partial charge in [-0.05, 0) is 49.9 Å². The highest BCUT2D eigenvalue weighted by Crippen LogP contribution is 2.32. The van der Waals surface area contributed by atoms with Crippen LogP contribution in [-0.4, -0.2) is 22.6 Å². The van der Waals surface area contributed by atoms with Crippen LogP contribution in [0.25, 0.3) is 0 Å². The Morgan fingerprint density at radius 2 is 1.78 bits per heavy atom. The van der Waals surface area contributed by atoms with Crippen molar-refractivity contribution in [3.05, 3.63) is 78.0 Å². The molecule has 0 atom stereocenters. The zero-order chi connectivity index (χ0) is 18.6. The van der Waals surface area contributed by atoms with E-state index in [4.69, 9.17) is 4.98 Å². The minimum atomic E-state index is 0.349. The van der Waals surface area contributed by atoms with Crippen LogP contribution in [0.1, 0.15) is 31.4 Å². The monoisotopic (exact) mass is 358 g/mol. The van der Waals surface area contributed by atoms with Crippen LogP contribution in [0.4, 0.5) is 17.5 Å². The maximum absolute atomic E-state index is 4.95. The summed E-state index contributed by atoms with van der Waals surface area (Å²) in [5.41, 5.74) is 3.90. The highest BCUT2D eigenvalue weighted by atomic mass is 15.3. The van der Waals surface area contributed by atoms with E-state index >= 15 is 0 Å². The van der Waals surface area contributed by atoms with E-state index in [1.807, 2.05) is 12.3 Å². The first-order valence-corrected chi connectivity index (χ1v) is 9.71. The number of aryl methyl sites for hydroxylation is 1. The normalized spacial score (nSPS) is 13.5. The number of anilines is 3. The van der Waals surface area contributed by atoms with E-state index in [0.717, 1.165) is 37.7 Å². The molecule has 138 valence electrons. The van der Waals surface area contributed by atoms with Crippen LogP contribution in [0.15, 0.2) is 66.9 Å². The lowest BCUT2D eigenvalue weighted by Crippen LogP contribution is -2.32. The topological polar surface area (TPSA) is 32.3 Å². The maximum atomic E-state index is 4.95. The highest BCUT2D eigenvalue weighted by Gasteiger charge is 2.21. The molecule has 0 bridgehead atoms. The Morgan fingerprint density at radius 3 is 2.59 bits per heavy atom. The van der Waals surface area contributed by atoms with Crippen LogP contribution in [0.5, 0.6) is 0 Å². The summed E-state index contributed by atoms with van der Waals surface area (Å²) >= 11 is 0. The van der Waals surface area contributed by atoms with Gasteiger partial charge in [0, 0.05) is 31.0 Å². The van der Waals surface area contributed by atoms with Gasteiger partial charge in [-0.15, -0.1) is 0 Å². The molecule has 2 aromatic carbocycles. The first kappa shape index (κ1) is 17.5. The zero-order valence-corrected chi connectivity index (χ0v) is 16.0. The highest BCUT2D eigenvalue weighted by molar-refractivity contribution is 5.64. The van der Waals surface area contributed by atoms with Gasteiger partial charge in [-0.3, -0.25) is 0 Å². The smallest absolute Gasteiger partial charge is 0.231 e. The van der Waals surface area contributed by atoms with Gasteiger partial charge in [0.1, 0.15) is 5.82 Å². The van der Waals surface area contributed by atoms with Crippen LogP contribution in [0.2, 0.25) is 0 Å². The van der Waals surface area contributed by atoms with Gasteiger partial charge in [0.05, 0.1) is 0 Å². The van der Waals surface area contributed by atoms with Crippen LogP contribution < -0.4 is 9.80 Å². The maximum Gasteiger partial charge on any atom is 0.231 e. The Balaban J connectivity index is 1.65. The third-order valence-electron chi connectivity index (χ3n) is 5.09. The molecule has 0 unspecified atom stereocenters. The minimum absolute atomic E-state index is 0.349. The summed E-state index contributed by atoms with van der Waals surface area (Å²) in [5.74, 6) is 1.76. The third kappa shape index (κ3) is 3.80. The SMILES string of the molecule is CC(C)N(Cc1ccccc1)c1ccnc(N2CCCc3ccccc32)n1. The molecule has 0 spiro atoms. The lowest BCUT2D eigenvalue weighted by molar-refractivity contribution is 0.669. The van der Waals surface area contributed by atoms with E-state index in [1.54, 1.807) is 0 Å². The van der Waals surface area contributed by atoms with E-state index < -0.39 is 0 Å². The molecule has 4 rings (SSSR count). The van der Waals surface area contributed by atoms with Crippen LogP contribution in [-0.2, 0) is 13.0 Å². The number of fused-ring (bicyclic) bond motifs is 1. The Morgan fingerprint density at radius 1 is 1.00 bits per heavy atom. The lowest BCUT2D eigenvalue weighted by Gasteiger charge is -2.32. The molecule has 4 heteroatoms. The van der Waals surface area contributed by atoms with Gasteiger partial charge in [-0.2, -0.15) is 4.98 Å². The molecule has 0 saturated carbocycles. The largest absolute Gasteiger partial charge is 0.350 e. The van der Waals surface area contributed by atoms with Crippen LogP contribution in [0, 0.1) is 0 Å². The van der Waals surface area contributed by atoms with Gasteiger partial charge in [-0.1, -0.05) is 48.5 Å². The first-order chi connectivity index (χ1) is 13.2. The van der Waals surface area contributed by atoms with Gasteiger partial charge in [0.25, 0.3) is 0 Å². The van der Waals surface area contributed by atoms with Gasteiger partial charge < -0.3 is 9.80 Å². The first-order valence-electron chi connectivity index (χ1n) is 9.71. The molecule has 3 aromatic rings. The number of aromatic nitrogens is 2. The van der Waals surface area contributed by atoms with Crippen molar-refractivity contribution in [3.63, 3.8) is 0 Å². The fourth-order valence-electron chi connectivity index (χ4n) is 3.68. The quantitative estimate of drug-likeness (QED) is 0.644. The van der Waals surface area contributed by atoms with Crippen molar-refractivity contribution in [1.29, 1.82) is 0 Å². The molecule has 0 fully saturated rings. The van der Waals surface area contributed by atoms with Gasteiger partial charge in [0.2, 0.25) is 5.95 Å². The summed E-state index contributed by atoms with van der Waals surface area (Å²) in [6.45, 7) is 6.22. The van der Waals surface area contributed by atoms with Crippen molar-refractivity contribution in [2.24, 2.45) is 0 Å². The van der Waals surface area contributed by atoms with E-state index in [0.29, 0.717) is 6.04 Å². The molecule has 1 aliphatic rings. The Hall–Kier alpha value is -2.88. The molecular weight excluding hydrogens is 332 g/mol. The fraction of sp³-hybridized carbons (Fsp3) is 0.304. The van der Waals surface area contributed by atoms with Crippen molar-refractivity contribution in [2.75, 3.05) is 16.3 Å². The summed E-state index contributed by atoms with van der Waals surface area (Å²) in [5, 5.41) is 0. The molecule has 1 aromatic heterocycles. The number of rotatable bonds is 5. The van der Waals surface area contributed by atoms with Gasteiger partial charge in [0.15, 0.2) is 0 Å². The molecule has 27 heavy (non-hydrogen) atoms. The standard InChI is InChI=1S/C23H26N4/c1-18(2)27(17-19-9-4-3-5-10-19)22-14-15-24-23(25-22)26-16-8-12-20-11-6-7-13-21(20)26/h3-7,9-11,13-15,18H,8,12,16-17H2,1-2H3. The molecule has 4 nitrogen and oxygen atoms in total. The summed E-state index contributed by atoms with van der Waals surface area (Å²) < 4.78 is 0. The van der Waals surface area contributed by atoms with E-state index in [1.165, 1.54) is 16.8 Å². The summed E-state index contributed by atoms with van der Waals surface area (Å²) in [7, 11) is 0. The number of nitrogens with zero attached hydrogens (tertiary/aromatic N) is 4. The van der Waals surface area contributed by atoms with Gasteiger partial charge in [-0.25, -0.2) is 4.98 Å². The summed E-state index contributed by atoms with van der Waals surface area (Å²) in [4.78, 5) is 14.1. The molecule has 0 N–H and O–H groups in total. The zero-order valence-electron chi connectivity index (χ0n) is 16.0. The second-order valence-electron chi connectivity index (χ2n) is 7.31. The predicted octanol–water partition coefficient (Wildman–Crippen LogP) is 4.98. The molecular formula is C23H26N4. The van der Waals surface area contributed by atoms with Crippen LogP contribution >= 0.6 is 0 Å². The number of hydrogen-bond donors (Lipinski definition) is 0. The Bertz CT molecular complexity index is 892. The molecule has 0 radical (unpaired) electrons. The molecule has 1 aliphatic heterocycles. The van der Waals surface area contributed by atoms with E-state index in [2.05, 4.69) is 83.2 Å². The van der Waals surface area contributed by atoms with Crippen molar-refractivity contribution in [1.82, 2.24) is 9.97 Å². The third-order valence-corrected chi connectivity index (χ3v) is 5.09. The van der Waals surface area contributed by atoms with Crippen molar-refractivity contribution < 1.29 is 0 Å². The van der Waals surface area contributed by atoms with Crippen molar-refractivity contribution in [2.45, 2.75) is 39.3 Å².